The van der Waals surface area contributed by atoms with Crippen LogP contribution in [0.2, 0.25) is 0 Å². The van der Waals surface area contributed by atoms with Crippen molar-refractivity contribution >= 4 is 65.7 Å². The van der Waals surface area contributed by atoms with Crippen LogP contribution in [0.15, 0.2) is 128 Å². The van der Waals surface area contributed by atoms with Crippen LogP contribution >= 0.6 is 0 Å². The molecule has 0 fully saturated rings. The summed E-state index contributed by atoms with van der Waals surface area (Å²) in [4.78, 5) is 34.7. The van der Waals surface area contributed by atoms with Gasteiger partial charge in [-0.1, -0.05) is 54.6 Å². The Labute approximate surface area is 260 Å². The van der Waals surface area contributed by atoms with E-state index in [1.54, 1.807) is 18.6 Å². The fraction of sp³-hybridized carbons (Fsp3) is 0. The highest BCUT2D eigenvalue weighted by atomic mass is 15.3. The Hall–Kier alpha value is -6.61. The van der Waals surface area contributed by atoms with Gasteiger partial charge in [0.25, 0.3) is 0 Å². The minimum atomic E-state index is 0.407. The standard InChI is InChI=1S/C37H21N9/c1-2-15-29-24(10-1)25-12-5-19-39-33(25)45(29)36-42-32(28-11-3-8-22-16-17-23-9-4-18-38-31(23)30(22)28)43-37(44-36)46-34-26(13-6-20-40-34)27-14-7-21-41-35(27)46/h1-21H. The van der Waals surface area contributed by atoms with Gasteiger partial charge in [-0.3, -0.25) is 9.55 Å². The zero-order valence-corrected chi connectivity index (χ0v) is 24.1. The third-order valence-electron chi connectivity index (χ3n) is 8.59. The molecule has 10 rings (SSSR count). The Balaban J connectivity index is 1.37. The van der Waals surface area contributed by atoms with E-state index >= 15 is 0 Å². The lowest BCUT2D eigenvalue weighted by molar-refractivity contribution is 0.880. The third kappa shape index (κ3) is 3.47. The molecule has 7 heterocycles. The maximum atomic E-state index is 5.19. The van der Waals surface area contributed by atoms with E-state index in [4.69, 9.17) is 34.9 Å². The summed E-state index contributed by atoms with van der Waals surface area (Å²) in [5.41, 5.74) is 4.87. The monoisotopic (exact) mass is 591 g/mol. The molecule has 0 aliphatic carbocycles. The van der Waals surface area contributed by atoms with Crippen molar-refractivity contribution in [2.24, 2.45) is 0 Å². The predicted octanol–water partition coefficient (Wildman–Crippen LogP) is 7.62. The summed E-state index contributed by atoms with van der Waals surface area (Å²) in [6.07, 6.45) is 7.17. The van der Waals surface area contributed by atoms with Crippen LogP contribution in [-0.4, -0.2) is 44.0 Å². The molecule has 0 saturated heterocycles. The van der Waals surface area contributed by atoms with Crippen LogP contribution in [0.3, 0.4) is 0 Å². The fourth-order valence-corrected chi connectivity index (χ4v) is 6.63. The molecule has 0 aliphatic rings. The van der Waals surface area contributed by atoms with E-state index in [-0.39, 0.29) is 0 Å². The lowest BCUT2D eigenvalue weighted by Gasteiger charge is -2.13. The van der Waals surface area contributed by atoms with Gasteiger partial charge < -0.3 is 0 Å². The highest BCUT2D eigenvalue weighted by Crippen LogP contribution is 2.35. The first-order valence-corrected chi connectivity index (χ1v) is 14.9. The van der Waals surface area contributed by atoms with Crippen LogP contribution in [0.4, 0.5) is 0 Å². The number of para-hydroxylation sites is 1. The Morgan fingerprint density at radius 1 is 0.413 bits per heavy atom. The van der Waals surface area contributed by atoms with Crippen LogP contribution < -0.4 is 0 Å². The zero-order chi connectivity index (χ0) is 30.2. The Kier molecular flexibility index (Phi) is 5.09. The summed E-state index contributed by atoms with van der Waals surface area (Å²) in [6.45, 7) is 0. The molecule has 0 unspecified atom stereocenters. The van der Waals surface area contributed by atoms with E-state index in [9.17, 15) is 0 Å². The molecule has 9 nitrogen and oxygen atoms in total. The van der Waals surface area contributed by atoms with Crippen molar-refractivity contribution in [3.8, 4) is 23.3 Å². The highest BCUT2D eigenvalue weighted by Gasteiger charge is 2.22. The molecule has 0 aliphatic heterocycles. The molecule has 10 aromatic rings. The molecule has 214 valence electrons. The van der Waals surface area contributed by atoms with Gasteiger partial charge in [0.05, 0.1) is 11.0 Å². The van der Waals surface area contributed by atoms with Gasteiger partial charge in [0, 0.05) is 62.7 Å². The van der Waals surface area contributed by atoms with Gasteiger partial charge in [-0.15, -0.1) is 0 Å². The number of nitrogens with zero attached hydrogens (tertiary/aromatic N) is 9. The van der Waals surface area contributed by atoms with Gasteiger partial charge in [0.1, 0.15) is 16.9 Å². The molecular weight excluding hydrogens is 570 g/mol. The first-order valence-electron chi connectivity index (χ1n) is 14.9. The quantitative estimate of drug-likeness (QED) is 0.195. The number of benzene rings is 3. The van der Waals surface area contributed by atoms with E-state index in [0.717, 1.165) is 59.9 Å². The van der Waals surface area contributed by atoms with Crippen LogP contribution in [0.1, 0.15) is 0 Å². The van der Waals surface area contributed by atoms with E-state index in [0.29, 0.717) is 29.0 Å². The normalized spacial score (nSPS) is 11.9. The first-order chi connectivity index (χ1) is 22.8. The van der Waals surface area contributed by atoms with Crippen LogP contribution in [0, 0.1) is 0 Å². The second-order valence-electron chi connectivity index (χ2n) is 11.1. The van der Waals surface area contributed by atoms with E-state index in [1.165, 1.54) is 0 Å². The lowest BCUT2D eigenvalue weighted by atomic mass is 10.0. The van der Waals surface area contributed by atoms with Gasteiger partial charge in [-0.05, 0) is 53.9 Å². The Morgan fingerprint density at radius 3 is 1.74 bits per heavy atom. The summed E-state index contributed by atoms with van der Waals surface area (Å²) < 4.78 is 3.93. The van der Waals surface area contributed by atoms with E-state index < -0.39 is 0 Å². The molecule has 0 N–H and O–H groups in total. The van der Waals surface area contributed by atoms with Crippen LogP contribution in [0.25, 0.3) is 89.0 Å². The third-order valence-corrected chi connectivity index (χ3v) is 8.59. The van der Waals surface area contributed by atoms with Gasteiger partial charge in [0.2, 0.25) is 11.9 Å². The highest BCUT2D eigenvalue weighted by molar-refractivity contribution is 6.12. The van der Waals surface area contributed by atoms with E-state index in [1.807, 2.05) is 76.0 Å². The second-order valence-corrected chi connectivity index (χ2v) is 11.1. The summed E-state index contributed by atoms with van der Waals surface area (Å²) in [5, 5.41) is 7.07. The first kappa shape index (κ1) is 24.8. The lowest BCUT2D eigenvalue weighted by Crippen LogP contribution is -2.11. The van der Waals surface area contributed by atoms with Crippen LogP contribution in [-0.2, 0) is 0 Å². The van der Waals surface area contributed by atoms with Crippen LogP contribution in [0.5, 0.6) is 0 Å². The zero-order valence-electron chi connectivity index (χ0n) is 24.1. The van der Waals surface area contributed by atoms with Gasteiger partial charge in [0.15, 0.2) is 5.82 Å². The molecule has 0 saturated carbocycles. The largest absolute Gasteiger partial charge is 0.262 e. The van der Waals surface area contributed by atoms with E-state index in [2.05, 4.69) is 42.5 Å². The Bertz CT molecular complexity index is 2590. The molecular formula is C37H21N9. The van der Waals surface area contributed by atoms with Crippen molar-refractivity contribution in [3.05, 3.63) is 128 Å². The molecule has 3 aromatic carbocycles. The van der Waals surface area contributed by atoms with Gasteiger partial charge in [-0.2, -0.15) is 15.0 Å². The maximum Gasteiger partial charge on any atom is 0.242 e. The van der Waals surface area contributed by atoms with Crippen molar-refractivity contribution in [2.45, 2.75) is 0 Å². The fourth-order valence-electron chi connectivity index (χ4n) is 6.63. The molecule has 0 amide bonds. The van der Waals surface area contributed by atoms with Crippen molar-refractivity contribution in [2.75, 3.05) is 0 Å². The topological polar surface area (TPSA) is 100 Å². The maximum absolute atomic E-state index is 5.19. The second kappa shape index (κ2) is 9.44. The van der Waals surface area contributed by atoms with Crippen molar-refractivity contribution < 1.29 is 0 Å². The number of fused-ring (bicyclic) bond motifs is 9. The van der Waals surface area contributed by atoms with Gasteiger partial charge in [-0.25, -0.2) is 19.5 Å². The molecule has 7 aromatic heterocycles. The molecule has 46 heavy (non-hydrogen) atoms. The molecule has 0 bridgehead atoms. The number of hydrogen-bond acceptors (Lipinski definition) is 7. The minimum Gasteiger partial charge on any atom is -0.262 e. The van der Waals surface area contributed by atoms with Crippen molar-refractivity contribution in [3.63, 3.8) is 0 Å². The number of rotatable bonds is 3. The summed E-state index contributed by atoms with van der Waals surface area (Å²) in [7, 11) is 0. The summed E-state index contributed by atoms with van der Waals surface area (Å²) in [6, 6.07) is 34.6. The average molecular weight is 592 g/mol. The number of pyridine rings is 4. The molecule has 0 spiro atoms. The smallest absolute Gasteiger partial charge is 0.242 e. The minimum absolute atomic E-state index is 0.407. The van der Waals surface area contributed by atoms with Gasteiger partial charge >= 0.3 is 0 Å². The Morgan fingerprint density at radius 2 is 0.978 bits per heavy atom. The summed E-state index contributed by atoms with van der Waals surface area (Å²) >= 11 is 0. The van der Waals surface area contributed by atoms with Crippen molar-refractivity contribution in [1.82, 2.24) is 44.0 Å². The predicted molar refractivity (Wildman–Crippen MR) is 180 cm³/mol. The molecule has 0 radical (unpaired) electrons. The summed E-state index contributed by atoms with van der Waals surface area (Å²) in [5.74, 6) is 1.36. The molecule has 0 atom stereocenters. The average Bonchev–Trinajstić information content (AvgIpc) is 3.64. The SMILES string of the molecule is c1cnc2c(c1)ccc1cccc(-c3nc(-n4c5ccccc5c5cccnc54)nc(-n4c5ncccc5c5cccnc54)n3)c12. The number of hydrogen-bond donors (Lipinski definition) is 0. The molecule has 9 heteroatoms. The van der Waals surface area contributed by atoms with Crippen molar-refractivity contribution in [1.29, 1.82) is 0 Å². The number of aromatic nitrogens is 9.